The van der Waals surface area contributed by atoms with Crippen molar-refractivity contribution in [3.05, 3.63) is 0 Å². The molecule has 1 rings (SSSR count). The van der Waals surface area contributed by atoms with Gasteiger partial charge in [-0.1, -0.05) is 19.0 Å². The predicted octanol–water partition coefficient (Wildman–Crippen LogP) is 2.26. The zero-order valence-corrected chi connectivity index (χ0v) is 11.3. The summed E-state index contributed by atoms with van der Waals surface area (Å²) in [7, 11) is -2.33. The number of hydrogen-bond acceptors (Lipinski definition) is 3. The van der Waals surface area contributed by atoms with Crippen molar-refractivity contribution < 1.29 is 9.05 Å². The van der Waals surface area contributed by atoms with E-state index in [2.05, 4.69) is 11.0 Å². The van der Waals surface area contributed by atoms with Crippen LogP contribution in [0.5, 0.6) is 0 Å². The Hall–Kier alpha value is -0.510. The molecule has 1 heterocycles. The Morgan fingerprint density at radius 1 is 1.33 bits per heavy atom. The highest BCUT2D eigenvalue weighted by Crippen LogP contribution is 2.42. The quantitative estimate of drug-likeness (QED) is 0.649. The van der Waals surface area contributed by atoms with Crippen LogP contribution in [-0.2, 0) is 14.4 Å². The molecule has 0 spiro atoms. The smallest absolute Gasteiger partial charge is 0.145 e. The van der Waals surface area contributed by atoms with Crippen LogP contribution in [0.1, 0.15) is 41.5 Å². The van der Waals surface area contributed by atoms with Gasteiger partial charge in [0.15, 0.2) is 0 Å². The second kappa shape index (κ2) is 3.24. The third-order valence-corrected chi connectivity index (χ3v) is 6.25. The molecule has 1 unspecified atom stereocenters. The van der Waals surface area contributed by atoms with Crippen LogP contribution in [-0.4, -0.2) is 26.0 Å². The van der Waals surface area contributed by atoms with Gasteiger partial charge in [0, 0.05) is 14.8 Å². The molecule has 0 aromatic carbocycles. The lowest BCUT2D eigenvalue weighted by molar-refractivity contribution is -0.0408. The molecule has 0 aromatic rings. The molecular formula is C11H21NO2S. The summed E-state index contributed by atoms with van der Waals surface area (Å²) in [6.45, 7) is 11.7. The molecule has 1 aliphatic rings. The zero-order valence-electron chi connectivity index (χ0n) is 10.5. The summed E-state index contributed by atoms with van der Waals surface area (Å²) in [4.78, 5) is 5.37. The molecule has 0 saturated carbocycles. The van der Waals surface area contributed by atoms with Gasteiger partial charge in [0.25, 0.3) is 0 Å². The molecule has 1 atom stereocenters. The van der Waals surface area contributed by atoms with Crippen molar-refractivity contribution in [2.45, 2.75) is 52.4 Å². The molecule has 0 aromatic heterocycles. The third kappa shape index (κ3) is 1.69. The minimum absolute atomic E-state index is 0.0203. The molecular weight excluding hydrogens is 210 g/mol. The second-order valence-electron chi connectivity index (χ2n) is 5.40. The SMILES string of the molecule is C=S(=O)(C1=NOC(C)(C)C1(C)C)C(C)C. The van der Waals surface area contributed by atoms with Crippen LogP contribution in [0.2, 0.25) is 0 Å². The van der Waals surface area contributed by atoms with Gasteiger partial charge in [-0.25, -0.2) is 0 Å². The molecule has 88 valence electrons. The molecule has 0 radical (unpaired) electrons. The van der Waals surface area contributed by atoms with Crippen LogP contribution in [0.15, 0.2) is 5.16 Å². The largest absolute Gasteiger partial charge is 0.388 e. The molecule has 0 fully saturated rings. The first-order chi connectivity index (χ1) is 6.53. The highest BCUT2D eigenvalue weighted by atomic mass is 32.2. The first-order valence-corrected chi connectivity index (χ1v) is 6.95. The Balaban J connectivity index is 3.23. The molecule has 0 bridgehead atoms. The van der Waals surface area contributed by atoms with Crippen molar-refractivity contribution in [1.82, 2.24) is 0 Å². The zero-order chi connectivity index (χ0) is 12.1. The predicted molar refractivity (Wildman–Crippen MR) is 66.8 cm³/mol. The number of hydrogen-bond donors (Lipinski definition) is 0. The fraction of sp³-hybridized carbons (Fsp3) is 0.818. The number of rotatable bonds is 1. The normalized spacial score (nSPS) is 27.0. The van der Waals surface area contributed by atoms with Gasteiger partial charge >= 0.3 is 0 Å². The summed E-state index contributed by atoms with van der Waals surface area (Å²) in [6, 6.07) is 0. The van der Waals surface area contributed by atoms with Gasteiger partial charge in [-0.15, -0.1) is 0 Å². The highest BCUT2D eigenvalue weighted by Gasteiger charge is 2.51. The van der Waals surface area contributed by atoms with Crippen molar-refractivity contribution >= 4 is 20.4 Å². The van der Waals surface area contributed by atoms with E-state index in [0.29, 0.717) is 5.04 Å². The minimum Gasteiger partial charge on any atom is -0.388 e. The standard InChI is InChI=1S/C11H21NO2S/c1-8(2)15(7,13)9-10(3,4)11(5,6)14-12-9/h8H,7H2,1-6H3. The molecule has 0 amide bonds. The highest BCUT2D eigenvalue weighted by molar-refractivity contribution is 8.14. The summed E-state index contributed by atoms with van der Waals surface area (Å²) < 4.78 is 12.5. The summed E-state index contributed by atoms with van der Waals surface area (Å²) in [5.74, 6) is 3.83. The molecule has 3 nitrogen and oxygen atoms in total. The van der Waals surface area contributed by atoms with E-state index in [1.807, 2.05) is 41.5 Å². The van der Waals surface area contributed by atoms with E-state index in [4.69, 9.17) is 4.84 Å². The summed E-state index contributed by atoms with van der Waals surface area (Å²) >= 11 is 0. The van der Waals surface area contributed by atoms with Gasteiger partial charge in [0.1, 0.15) is 10.6 Å². The molecule has 1 aliphatic heterocycles. The molecule has 4 heteroatoms. The Morgan fingerprint density at radius 3 is 2.07 bits per heavy atom. The number of nitrogens with zero attached hydrogens (tertiary/aromatic N) is 1. The Bertz CT molecular complexity index is 389. The first kappa shape index (κ1) is 12.6. The van der Waals surface area contributed by atoms with E-state index in [1.165, 1.54) is 0 Å². The van der Waals surface area contributed by atoms with Gasteiger partial charge in [-0.05, 0) is 33.6 Å². The van der Waals surface area contributed by atoms with Gasteiger partial charge in [-0.2, -0.15) is 0 Å². The summed E-state index contributed by atoms with van der Waals surface area (Å²) in [5.41, 5.74) is -0.756. The molecule has 15 heavy (non-hydrogen) atoms. The third-order valence-electron chi connectivity index (χ3n) is 3.49. The van der Waals surface area contributed by atoms with Gasteiger partial charge in [0.2, 0.25) is 0 Å². The molecule has 0 N–H and O–H groups in total. The van der Waals surface area contributed by atoms with Crippen LogP contribution in [0.3, 0.4) is 0 Å². The van der Waals surface area contributed by atoms with Gasteiger partial charge < -0.3 is 4.84 Å². The van der Waals surface area contributed by atoms with Crippen LogP contribution in [0, 0.1) is 5.41 Å². The molecule has 0 aliphatic carbocycles. The Labute approximate surface area is 92.9 Å². The van der Waals surface area contributed by atoms with Crippen molar-refractivity contribution in [2.24, 2.45) is 10.6 Å². The summed E-state index contributed by atoms with van der Waals surface area (Å²) in [5, 5.41) is 4.60. The maximum atomic E-state index is 12.5. The average molecular weight is 231 g/mol. The lowest BCUT2D eigenvalue weighted by Gasteiger charge is -2.33. The lowest BCUT2D eigenvalue weighted by atomic mass is 9.79. The fourth-order valence-electron chi connectivity index (χ4n) is 1.36. The van der Waals surface area contributed by atoms with Crippen LogP contribution >= 0.6 is 0 Å². The van der Waals surface area contributed by atoms with E-state index in [9.17, 15) is 4.21 Å². The van der Waals surface area contributed by atoms with E-state index in [1.54, 1.807) is 0 Å². The average Bonchev–Trinajstić information content (AvgIpc) is 2.22. The fourth-order valence-corrected chi connectivity index (χ4v) is 3.08. The Kier molecular flexibility index (Phi) is 2.71. The number of oxime groups is 1. The van der Waals surface area contributed by atoms with Gasteiger partial charge in [0.05, 0.1) is 5.41 Å². The van der Waals surface area contributed by atoms with Crippen LogP contribution in [0.25, 0.3) is 0 Å². The minimum atomic E-state index is -2.33. The van der Waals surface area contributed by atoms with E-state index < -0.39 is 15.1 Å². The van der Waals surface area contributed by atoms with Crippen molar-refractivity contribution in [1.29, 1.82) is 0 Å². The monoisotopic (exact) mass is 231 g/mol. The van der Waals surface area contributed by atoms with Gasteiger partial charge in [-0.3, -0.25) is 4.21 Å². The van der Waals surface area contributed by atoms with Crippen molar-refractivity contribution in [3.8, 4) is 0 Å². The topological polar surface area (TPSA) is 38.7 Å². The van der Waals surface area contributed by atoms with E-state index >= 15 is 0 Å². The summed E-state index contributed by atoms with van der Waals surface area (Å²) in [6.07, 6.45) is 0. The van der Waals surface area contributed by atoms with Crippen LogP contribution in [0.4, 0.5) is 0 Å². The van der Waals surface area contributed by atoms with E-state index in [0.717, 1.165) is 0 Å². The van der Waals surface area contributed by atoms with Crippen molar-refractivity contribution in [2.75, 3.05) is 0 Å². The van der Waals surface area contributed by atoms with Crippen molar-refractivity contribution in [3.63, 3.8) is 0 Å². The van der Waals surface area contributed by atoms with E-state index in [-0.39, 0.29) is 10.7 Å². The Morgan fingerprint density at radius 2 is 1.80 bits per heavy atom. The lowest BCUT2D eigenvalue weighted by Crippen LogP contribution is -2.45. The second-order valence-corrected chi connectivity index (χ2v) is 8.18. The molecule has 0 saturated heterocycles. The maximum Gasteiger partial charge on any atom is 0.145 e. The van der Waals surface area contributed by atoms with Crippen LogP contribution < -0.4 is 0 Å². The first-order valence-electron chi connectivity index (χ1n) is 5.16. The maximum absolute atomic E-state index is 12.5.